The molecule has 7 heteroatoms. The lowest BCUT2D eigenvalue weighted by atomic mass is 9.93. The van der Waals surface area contributed by atoms with Gasteiger partial charge in [-0.3, -0.25) is 9.59 Å². The predicted molar refractivity (Wildman–Crippen MR) is 82.7 cm³/mol. The number of piperidine rings is 2. The number of hydrogen-bond donors (Lipinski definition) is 1. The van der Waals surface area contributed by atoms with Crippen LogP contribution in [-0.2, 0) is 19.1 Å². The number of carbonyl (C=O) groups excluding carboxylic acids is 2. The van der Waals surface area contributed by atoms with Crippen LogP contribution >= 0.6 is 0 Å². The number of carboxylic acid groups (broad SMARTS) is 1. The zero-order chi connectivity index (χ0) is 16.8. The maximum absolute atomic E-state index is 11.8. The highest BCUT2D eigenvalue weighted by Gasteiger charge is 2.31. The van der Waals surface area contributed by atoms with Crippen LogP contribution in [0.25, 0.3) is 0 Å². The number of methoxy groups -OCH3 is 1. The van der Waals surface area contributed by atoms with Crippen molar-refractivity contribution in [1.29, 1.82) is 0 Å². The quantitative estimate of drug-likeness (QED) is 0.599. The molecule has 1 amide bonds. The Morgan fingerprint density at radius 2 is 1.61 bits per heavy atom. The number of amides is 1. The number of hydrogen-bond acceptors (Lipinski definition) is 5. The standard InChI is InChI=1S/C16H24N2O5/c1-23-16(22)12-4-8-17(9-5-12)13-6-10-18(11-7-13)14(19)2-3-15(20)21/h2-3,12-13H,4-11H2,1H3,(H,20,21)/b3-2-. The Bertz CT molecular complexity index is 475. The van der Waals surface area contributed by atoms with E-state index in [1.807, 2.05) is 0 Å². The molecular formula is C16H24N2O5. The Labute approximate surface area is 135 Å². The summed E-state index contributed by atoms with van der Waals surface area (Å²) in [6.07, 6.45) is 5.42. The SMILES string of the molecule is COC(=O)C1CCN(C2CCN(C(=O)/C=C\C(=O)O)CC2)CC1. The molecular weight excluding hydrogens is 300 g/mol. The highest BCUT2D eigenvalue weighted by Crippen LogP contribution is 2.24. The van der Waals surface area contributed by atoms with Gasteiger partial charge in [-0.2, -0.15) is 0 Å². The highest BCUT2D eigenvalue weighted by molar-refractivity contribution is 5.93. The molecule has 2 rings (SSSR count). The van der Waals surface area contributed by atoms with Gasteiger partial charge in [0.05, 0.1) is 13.0 Å². The number of ether oxygens (including phenoxy) is 1. The lowest BCUT2D eigenvalue weighted by Crippen LogP contribution is -2.49. The van der Waals surface area contributed by atoms with Crippen LogP contribution in [0.15, 0.2) is 12.2 Å². The largest absolute Gasteiger partial charge is 0.478 e. The third-order valence-electron chi connectivity index (χ3n) is 4.73. The lowest BCUT2D eigenvalue weighted by molar-refractivity contribution is -0.147. The first-order valence-corrected chi connectivity index (χ1v) is 8.03. The van der Waals surface area contributed by atoms with E-state index in [9.17, 15) is 14.4 Å². The molecule has 7 nitrogen and oxygen atoms in total. The Morgan fingerprint density at radius 1 is 1.00 bits per heavy atom. The summed E-state index contributed by atoms with van der Waals surface area (Å²) in [4.78, 5) is 37.9. The van der Waals surface area contributed by atoms with E-state index in [1.54, 1.807) is 4.90 Å². The van der Waals surface area contributed by atoms with Gasteiger partial charge in [0.1, 0.15) is 0 Å². The maximum Gasteiger partial charge on any atom is 0.328 e. The van der Waals surface area contributed by atoms with Crippen molar-refractivity contribution in [3.8, 4) is 0 Å². The molecule has 23 heavy (non-hydrogen) atoms. The van der Waals surface area contributed by atoms with Crippen molar-refractivity contribution in [1.82, 2.24) is 9.80 Å². The van der Waals surface area contributed by atoms with E-state index < -0.39 is 5.97 Å². The van der Waals surface area contributed by atoms with Gasteiger partial charge >= 0.3 is 11.9 Å². The summed E-state index contributed by atoms with van der Waals surface area (Å²) < 4.78 is 4.80. The van der Waals surface area contributed by atoms with Gasteiger partial charge in [0.2, 0.25) is 5.91 Å². The predicted octanol–water partition coefficient (Wildman–Crippen LogP) is 0.503. The van der Waals surface area contributed by atoms with Gasteiger partial charge in [0.25, 0.3) is 0 Å². The molecule has 0 aromatic heterocycles. The van der Waals surface area contributed by atoms with Crippen molar-refractivity contribution in [3.63, 3.8) is 0 Å². The number of nitrogens with zero attached hydrogens (tertiary/aromatic N) is 2. The van der Waals surface area contributed by atoms with Crippen LogP contribution in [0.3, 0.4) is 0 Å². The highest BCUT2D eigenvalue weighted by atomic mass is 16.5. The number of carbonyl (C=O) groups is 3. The number of likely N-dealkylation sites (tertiary alicyclic amines) is 2. The second kappa shape index (κ2) is 8.10. The fourth-order valence-corrected chi connectivity index (χ4v) is 3.37. The Kier molecular flexibility index (Phi) is 6.15. The molecule has 1 N–H and O–H groups in total. The molecule has 2 heterocycles. The summed E-state index contributed by atoms with van der Waals surface area (Å²) in [6.45, 7) is 3.06. The second-order valence-electron chi connectivity index (χ2n) is 6.06. The fourth-order valence-electron chi connectivity index (χ4n) is 3.37. The molecule has 0 saturated carbocycles. The van der Waals surface area contributed by atoms with Crippen LogP contribution < -0.4 is 0 Å². The van der Waals surface area contributed by atoms with E-state index in [0.717, 1.165) is 50.9 Å². The summed E-state index contributed by atoms with van der Waals surface area (Å²) in [7, 11) is 1.43. The van der Waals surface area contributed by atoms with Crippen LogP contribution in [-0.4, -0.2) is 72.1 Å². The minimum Gasteiger partial charge on any atom is -0.478 e. The van der Waals surface area contributed by atoms with Gasteiger partial charge in [-0.25, -0.2) is 4.79 Å². The first-order chi connectivity index (χ1) is 11.0. The van der Waals surface area contributed by atoms with Crippen molar-refractivity contribution < 1.29 is 24.2 Å². The van der Waals surface area contributed by atoms with E-state index in [4.69, 9.17) is 9.84 Å². The van der Waals surface area contributed by atoms with Crippen LogP contribution in [0, 0.1) is 5.92 Å². The number of aliphatic carboxylic acids is 1. The van der Waals surface area contributed by atoms with E-state index in [0.29, 0.717) is 19.1 Å². The number of esters is 1. The summed E-state index contributed by atoms with van der Waals surface area (Å²) in [5.74, 6) is -1.45. The summed E-state index contributed by atoms with van der Waals surface area (Å²) in [5.41, 5.74) is 0. The van der Waals surface area contributed by atoms with Crippen molar-refractivity contribution in [2.75, 3.05) is 33.3 Å². The van der Waals surface area contributed by atoms with Gasteiger partial charge in [-0.1, -0.05) is 0 Å². The lowest BCUT2D eigenvalue weighted by Gasteiger charge is -2.41. The average Bonchev–Trinajstić information content (AvgIpc) is 2.59. The molecule has 128 valence electrons. The van der Waals surface area contributed by atoms with Crippen molar-refractivity contribution >= 4 is 17.8 Å². The maximum atomic E-state index is 11.8. The topological polar surface area (TPSA) is 87.2 Å². The van der Waals surface area contributed by atoms with E-state index >= 15 is 0 Å². The monoisotopic (exact) mass is 324 g/mol. The molecule has 2 saturated heterocycles. The summed E-state index contributed by atoms with van der Waals surface area (Å²) in [6, 6.07) is 0.432. The molecule has 0 spiro atoms. The first kappa shape index (κ1) is 17.5. The molecule has 0 unspecified atom stereocenters. The van der Waals surface area contributed by atoms with Gasteiger partial charge in [-0.05, 0) is 38.8 Å². The Balaban J connectivity index is 1.76. The van der Waals surface area contributed by atoms with Crippen molar-refractivity contribution in [2.45, 2.75) is 31.7 Å². The zero-order valence-corrected chi connectivity index (χ0v) is 13.4. The van der Waals surface area contributed by atoms with Gasteiger partial charge in [0, 0.05) is 31.3 Å². The van der Waals surface area contributed by atoms with E-state index in [-0.39, 0.29) is 17.8 Å². The van der Waals surface area contributed by atoms with E-state index in [2.05, 4.69) is 4.90 Å². The molecule has 0 aromatic carbocycles. The van der Waals surface area contributed by atoms with Crippen molar-refractivity contribution in [3.05, 3.63) is 12.2 Å². The molecule has 2 aliphatic rings. The van der Waals surface area contributed by atoms with Gasteiger partial charge in [0.15, 0.2) is 0 Å². The smallest absolute Gasteiger partial charge is 0.328 e. The fraction of sp³-hybridized carbons (Fsp3) is 0.688. The third-order valence-corrected chi connectivity index (χ3v) is 4.73. The van der Waals surface area contributed by atoms with Gasteiger partial charge in [-0.15, -0.1) is 0 Å². The van der Waals surface area contributed by atoms with Crippen LogP contribution in [0.4, 0.5) is 0 Å². The minimum atomic E-state index is -1.11. The molecule has 0 atom stereocenters. The van der Waals surface area contributed by atoms with Crippen LogP contribution in [0.5, 0.6) is 0 Å². The molecule has 0 radical (unpaired) electrons. The minimum absolute atomic E-state index is 0.0130. The van der Waals surface area contributed by atoms with Crippen LogP contribution in [0.2, 0.25) is 0 Å². The third kappa shape index (κ3) is 4.79. The molecule has 0 aliphatic carbocycles. The molecule has 2 fully saturated rings. The number of rotatable bonds is 4. The molecule has 2 aliphatic heterocycles. The van der Waals surface area contributed by atoms with E-state index in [1.165, 1.54) is 7.11 Å². The Morgan fingerprint density at radius 3 is 2.13 bits per heavy atom. The number of carboxylic acids is 1. The second-order valence-corrected chi connectivity index (χ2v) is 6.06. The van der Waals surface area contributed by atoms with Gasteiger partial charge < -0.3 is 19.6 Å². The normalized spacial score (nSPS) is 21.5. The Hall–Kier alpha value is -1.89. The molecule has 0 bridgehead atoms. The summed E-state index contributed by atoms with van der Waals surface area (Å²) >= 11 is 0. The first-order valence-electron chi connectivity index (χ1n) is 8.03. The van der Waals surface area contributed by atoms with Crippen molar-refractivity contribution in [2.24, 2.45) is 5.92 Å². The summed E-state index contributed by atoms with van der Waals surface area (Å²) in [5, 5.41) is 8.55. The zero-order valence-electron chi connectivity index (χ0n) is 13.4. The average molecular weight is 324 g/mol. The molecule has 0 aromatic rings. The van der Waals surface area contributed by atoms with Crippen LogP contribution in [0.1, 0.15) is 25.7 Å².